The third-order valence-electron chi connectivity index (χ3n) is 2.17. The number of esters is 1. The SMILES string of the molecule is COC(=O)C[C@H]1CN(C(=O)O)CCN1. The van der Waals surface area contributed by atoms with Gasteiger partial charge in [0.1, 0.15) is 0 Å². The van der Waals surface area contributed by atoms with Crippen LogP contribution in [0.3, 0.4) is 0 Å². The van der Waals surface area contributed by atoms with Crippen molar-refractivity contribution < 1.29 is 19.4 Å². The number of carbonyl (C=O) groups excluding carboxylic acids is 1. The van der Waals surface area contributed by atoms with E-state index in [1.807, 2.05) is 0 Å². The summed E-state index contributed by atoms with van der Waals surface area (Å²) in [5.41, 5.74) is 0. The van der Waals surface area contributed by atoms with Crippen molar-refractivity contribution in [2.75, 3.05) is 26.7 Å². The van der Waals surface area contributed by atoms with Gasteiger partial charge in [-0.3, -0.25) is 4.79 Å². The van der Waals surface area contributed by atoms with Crippen LogP contribution in [0.25, 0.3) is 0 Å². The van der Waals surface area contributed by atoms with Gasteiger partial charge in [0, 0.05) is 25.7 Å². The molecule has 14 heavy (non-hydrogen) atoms. The number of hydrogen-bond donors (Lipinski definition) is 2. The third-order valence-corrected chi connectivity index (χ3v) is 2.17. The Balaban J connectivity index is 2.40. The van der Waals surface area contributed by atoms with Crippen molar-refractivity contribution >= 4 is 12.1 Å². The average molecular weight is 202 g/mol. The molecule has 1 aliphatic rings. The van der Waals surface area contributed by atoms with Gasteiger partial charge < -0.3 is 20.1 Å². The van der Waals surface area contributed by atoms with Gasteiger partial charge in [-0.25, -0.2) is 4.79 Å². The van der Waals surface area contributed by atoms with Crippen molar-refractivity contribution in [3.05, 3.63) is 0 Å². The second-order valence-electron chi connectivity index (χ2n) is 3.16. The van der Waals surface area contributed by atoms with Crippen molar-refractivity contribution in [1.82, 2.24) is 10.2 Å². The second-order valence-corrected chi connectivity index (χ2v) is 3.16. The molecule has 0 unspecified atom stereocenters. The van der Waals surface area contributed by atoms with Gasteiger partial charge in [0.15, 0.2) is 0 Å². The standard InChI is InChI=1S/C8H14N2O4/c1-14-7(11)4-6-5-10(8(12)13)3-2-9-6/h6,9H,2-5H2,1H3,(H,12,13)/t6-/m0/s1. The van der Waals surface area contributed by atoms with Crippen molar-refractivity contribution in [3.63, 3.8) is 0 Å². The summed E-state index contributed by atoms with van der Waals surface area (Å²) in [5, 5.41) is 11.8. The molecule has 0 saturated carbocycles. The van der Waals surface area contributed by atoms with Crippen molar-refractivity contribution in [3.8, 4) is 0 Å². The summed E-state index contributed by atoms with van der Waals surface area (Å²) in [4.78, 5) is 22.9. The van der Waals surface area contributed by atoms with E-state index in [0.29, 0.717) is 19.6 Å². The Kier molecular flexibility index (Phi) is 3.70. The molecule has 1 aliphatic heterocycles. The molecule has 1 saturated heterocycles. The second kappa shape index (κ2) is 4.80. The van der Waals surface area contributed by atoms with Gasteiger partial charge >= 0.3 is 12.1 Å². The molecular formula is C8H14N2O4. The summed E-state index contributed by atoms with van der Waals surface area (Å²) < 4.78 is 4.50. The molecule has 1 fully saturated rings. The van der Waals surface area contributed by atoms with E-state index in [1.54, 1.807) is 0 Å². The number of amides is 1. The van der Waals surface area contributed by atoms with E-state index in [0.717, 1.165) is 0 Å². The van der Waals surface area contributed by atoms with Gasteiger partial charge in [-0.1, -0.05) is 0 Å². The lowest BCUT2D eigenvalue weighted by molar-refractivity contribution is -0.141. The molecule has 6 nitrogen and oxygen atoms in total. The van der Waals surface area contributed by atoms with Crippen LogP contribution >= 0.6 is 0 Å². The van der Waals surface area contributed by atoms with E-state index in [4.69, 9.17) is 5.11 Å². The van der Waals surface area contributed by atoms with Gasteiger partial charge in [0.25, 0.3) is 0 Å². The van der Waals surface area contributed by atoms with Gasteiger partial charge in [0.2, 0.25) is 0 Å². The Bertz CT molecular complexity index is 231. The number of nitrogens with zero attached hydrogens (tertiary/aromatic N) is 1. The average Bonchev–Trinajstić information content (AvgIpc) is 2.18. The molecule has 0 aliphatic carbocycles. The molecule has 1 heterocycles. The Morgan fingerprint density at radius 2 is 2.36 bits per heavy atom. The zero-order valence-electron chi connectivity index (χ0n) is 8.02. The van der Waals surface area contributed by atoms with Crippen LogP contribution in [0.1, 0.15) is 6.42 Å². The van der Waals surface area contributed by atoms with Gasteiger partial charge in [-0.05, 0) is 0 Å². The molecule has 6 heteroatoms. The quantitative estimate of drug-likeness (QED) is 0.590. The zero-order valence-corrected chi connectivity index (χ0v) is 8.02. The van der Waals surface area contributed by atoms with E-state index in [9.17, 15) is 9.59 Å². The van der Waals surface area contributed by atoms with Crippen LogP contribution in [0.2, 0.25) is 0 Å². The summed E-state index contributed by atoms with van der Waals surface area (Å²) in [7, 11) is 1.32. The van der Waals surface area contributed by atoms with E-state index >= 15 is 0 Å². The van der Waals surface area contributed by atoms with Gasteiger partial charge in [-0.15, -0.1) is 0 Å². The molecule has 0 aromatic carbocycles. The highest BCUT2D eigenvalue weighted by atomic mass is 16.5. The number of methoxy groups -OCH3 is 1. The van der Waals surface area contributed by atoms with Crippen LogP contribution in [0.4, 0.5) is 4.79 Å². The minimum Gasteiger partial charge on any atom is -0.469 e. The lowest BCUT2D eigenvalue weighted by Crippen LogP contribution is -2.52. The van der Waals surface area contributed by atoms with Crippen LogP contribution in [0.5, 0.6) is 0 Å². The predicted molar refractivity (Wildman–Crippen MR) is 48.0 cm³/mol. The number of rotatable bonds is 2. The maximum Gasteiger partial charge on any atom is 0.407 e. The Hall–Kier alpha value is -1.30. The fraction of sp³-hybridized carbons (Fsp3) is 0.750. The van der Waals surface area contributed by atoms with E-state index in [1.165, 1.54) is 12.0 Å². The minimum absolute atomic E-state index is 0.132. The van der Waals surface area contributed by atoms with E-state index < -0.39 is 6.09 Å². The molecule has 0 aromatic rings. The lowest BCUT2D eigenvalue weighted by atomic mass is 10.1. The van der Waals surface area contributed by atoms with Crippen LogP contribution < -0.4 is 5.32 Å². The van der Waals surface area contributed by atoms with Crippen LogP contribution in [0.15, 0.2) is 0 Å². The van der Waals surface area contributed by atoms with Gasteiger partial charge in [0.05, 0.1) is 13.5 Å². The number of ether oxygens (including phenoxy) is 1. The van der Waals surface area contributed by atoms with Crippen molar-refractivity contribution in [1.29, 1.82) is 0 Å². The minimum atomic E-state index is -0.943. The monoisotopic (exact) mass is 202 g/mol. The highest BCUT2D eigenvalue weighted by Gasteiger charge is 2.24. The molecule has 0 spiro atoms. The predicted octanol–water partition coefficient (Wildman–Crippen LogP) is -0.499. The Labute approximate surface area is 81.8 Å². The third kappa shape index (κ3) is 2.88. The molecule has 1 rings (SSSR count). The molecule has 0 radical (unpaired) electrons. The van der Waals surface area contributed by atoms with E-state index in [-0.39, 0.29) is 18.4 Å². The van der Waals surface area contributed by atoms with Gasteiger partial charge in [-0.2, -0.15) is 0 Å². The van der Waals surface area contributed by atoms with E-state index in [2.05, 4.69) is 10.1 Å². The van der Waals surface area contributed by atoms with Crippen LogP contribution in [0, 0.1) is 0 Å². The summed E-state index contributed by atoms with van der Waals surface area (Å²) in [6, 6.07) is -0.132. The molecule has 80 valence electrons. The van der Waals surface area contributed by atoms with Crippen molar-refractivity contribution in [2.45, 2.75) is 12.5 Å². The molecule has 0 bridgehead atoms. The molecule has 2 N–H and O–H groups in total. The first kappa shape index (κ1) is 10.8. The summed E-state index contributed by atoms with van der Waals surface area (Å²) in [5.74, 6) is -0.324. The number of hydrogen-bond acceptors (Lipinski definition) is 4. The first-order valence-corrected chi connectivity index (χ1v) is 4.41. The maximum atomic E-state index is 10.9. The summed E-state index contributed by atoms with van der Waals surface area (Å²) >= 11 is 0. The molecule has 1 amide bonds. The van der Waals surface area contributed by atoms with Crippen LogP contribution in [-0.4, -0.2) is 54.9 Å². The number of carbonyl (C=O) groups is 2. The number of nitrogens with one attached hydrogen (secondary N) is 1. The lowest BCUT2D eigenvalue weighted by Gasteiger charge is -2.31. The summed E-state index contributed by atoms with van der Waals surface area (Å²) in [6.07, 6.45) is -0.735. The first-order valence-electron chi connectivity index (χ1n) is 4.41. The highest BCUT2D eigenvalue weighted by Crippen LogP contribution is 2.03. The number of carboxylic acid groups (broad SMARTS) is 1. The highest BCUT2D eigenvalue weighted by molar-refractivity contribution is 5.70. The fourth-order valence-corrected chi connectivity index (χ4v) is 1.42. The normalized spacial score (nSPS) is 21.8. The first-order chi connectivity index (χ1) is 6.63. The van der Waals surface area contributed by atoms with Crippen molar-refractivity contribution in [2.24, 2.45) is 0 Å². The Morgan fingerprint density at radius 1 is 1.64 bits per heavy atom. The maximum absolute atomic E-state index is 10.9. The largest absolute Gasteiger partial charge is 0.469 e. The molecular weight excluding hydrogens is 188 g/mol. The molecule has 1 atom stereocenters. The van der Waals surface area contributed by atoms with Crippen LogP contribution in [-0.2, 0) is 9.53 Å². The number of piperazine rings is 1. The zero-order chi connectivity index (χ0) is 10.6. The fourth-order valence-electron chi connectivity index (χ4n) is 1.42. The smallest absolute Gasteiger partial charge is 0.407 e. The summed E-state index contributed by atoms with van der Waals surface area (Å²) in [6.45, 7) is 1.38. The topological polar surface area (TPSA) is 78.9 Å². The molecule has 0 aromatic heterocycles. The Morgan fingerprint density at radius 3 is 2.93 bits per heavy atom.